The van der Waals surface area contributed by atoms with Crippen molar-refractivity contribution in [2.45, 2.75) is 59.8 Å². The van der Waals surface area contributed by atoms with Crippen LogP contribution < -0.4 is 5.32 Å². The van der Waals surface area contributed by atoms with Gasteiger partial charge in [0.1, 0.15) is 11.6 Å². The first-order valence-corrected chi connectivity index (χ1v) is 9.39. The molecule has 0 radical (unpaired) electrons. The van der Waals surface area contributed by atoms with Crippen LogP contribution in [0.3, 0.4) is 0 Å². The molecule has 1 N–H and O–H groups in total. The highest BCUT2D eigenvalue weighted by Crippen LogP contribution is 2.23. The zero-order chi connectivity index (χ0) is 18.7. The molecule has 0 fully saturated rings. The van der Waals surface area contributed by atoms with Crippen LogP contribution in [0.2, 0.25) is 0 Å². The van der Waals surface area contributed by atoms with Gasteiger partial charge in [0.15, 0.2) is 0 Å². The van der Waals surface area contributed by atoms with Gasteiger partial charge in [0.25, 0.3) is 5.91 Å². The first-order chi connectivity index (χ1) is 12.1. The summed E-state index contributed by atoms with van der Waals surface area (Å²) >= 11 is 0. The van der Waals surface area contributed by atoms with Gasteiger partial charge < -0.3 is 10.2 Å². The topological polar surface area (TPSA) is 56.1 Å². The summed E-state index contributed by atoms with van der Waals surface area (Å²) < 4.78 is 0. The van der Waals surface area contributed by atoms with E-state index in [0.29, 0.717) is 0 Å². The highest BCUT2D eigenvalue weighted by molar-refractivity contribution is 6.07. The third-order valence-electron chi connectivity index (χ3n) is 4.22. The maximum absolute atomic E-state index is 12.7. The van der Waals surface area contributed by atoms with Crippen molar-refractivity contribution in [2.24, 2.45) is 0 Å². The molecule has 0 aliphatic carbocycles. The molecule has 1 rings (SSSR count). The Morgan fingerprint density at radius 2 is 1.76 bits per heavy atom. The van der Waals surface area contributed by atoms with Crippen LogP contribution in [0.15, 0.2) is 30.0 Å². The van der Waals surface area contributed by atoms with Crippen molar-refractivity contribution >= 4 is 11.6 Å². The molecule has 4 heteroatoms. The number of nitrogens with zero attached hydrogens (tertiary/aromatic N) is 2. The number of unbranched alkanes of at least 4 members (excludes halogenated alkanes) is 1. The predicted octanol–water partition coefficient (Wildman–Crippen LogP) is 4.67. The van der Waals surface area contributed by atoms with Crippen molar-refractivity contribution in [1.82, 2.24) is 4.90 Å². The summed E-state index contributed by atoms with van der Waals surface area (Å²) in [5.74, 6) is -0.323. The molecule has 0 heterocycles. The third-order valence-corrected chi connectivity index (χ3v) is 4.22. The summed E-state index contributed by atoms with van der Waals surface area (Å²) in [6, 6.07) is 8.13. The summed E-state index contributed by atoms with van der Waals surface area (Å²) in [7, 11) is 0. The largest absolute Gasteiger partial charge is 0.376 e. The third kappa shape index (κ3) is 6.26. The van der Waals surface area contributed by atoms with E-state index in [2.05, 4.69) is 44.0 Å². The van der Waals surface area contributed by atoms with Crippen LogP contribution in [0.4, 0.5) is 5.69 Å². The van der Waals surface area contributed by atoms with Gasteiger partial charge in [0.05, 0.1) is 0 Å². The monoisotopic (exact) mass is 341 g/mol. The van der Waals surface area contributed by atoms with Gasteiger partial charge in [0.2, 0.25) is 0 Å². The maximum atomic E-state index is 12.7. The molecule has 4 nitrogen and oxygen atoms in total. The number of hydrogen-bond acceptors (Lipinski definition) is 3. The minimum absolute atomic E-state index is 0.164. The number of carbonyl (C=O) groups is 1. The molecule has 0 aliphatic rings. The first kappa shape index (κ1) is 20.8. The van der Waals surface area contributed by atoms with E-state index in [9.17, 15) is 10.1 Å². The van der Waals surface area contributed by atoms with Crippen LogP contribution in [0.5, 0.6) is 0 Å². The first-order valence-electron chi connectivity index (χ1n) is 9.39. The lowest BCUT2D eigenvalue weighted by Gasteiger charge is -2.20. The Labute approximate surface area is 152 Å². The zero-order valence-electron chi connectivity index (χ0n) is 16.1. The quantitative estimate of drug-likeness (QED) is 0.497. The van der Waals surface area contributed by atoms with Crippen molar-refractivity contribution in [3.63, 3.8) is 0 Å². The fraction of sp³-hybridized carbons (Fsp3) is 0.524. The average molecular weight is 341 g/mol. The number of hydrogen-bond donors (Lipinski definition) is 1. The van der Waals surface area contributed by atoms with E-state index in [4.69, 9.17) is 0 Å². The fourth-order valence-corrected chi connectivity index (χ4v) is 2.79. The van der Waals surface area contributed by atoms with Gasteiger partial charge in [-0.25, -0.2) is 0 Å². The van der Waals surface area contributed by atoms with Crippen molar-refractivity contribution in [3.8, 4) is 6.07 Å². The number of nitriles is 1. The molecule has 25 heavy (non-hydrogen) atoms. The molecule has 0 bridgehead atoms. The van der Waals surface area contributed by atoms with Gasteiger partial charge in [-0.15, -0.1) is 0 Å². The molecule has 0 atom stereocenters. The second-order valence-corrected chi connectivity index (χ2v) is 6.16. The molecular weight excluding hydrogens is 310 g/mol. The smallest absolute Gasteiger partial charge is 0.267 e. The van der Waals surface area contributed by atoms with Crippen LogP contribution >= 0.6 is 0 Å². The van der Waals surface area contributed by atoms with E-state index in [0.717, 1.165) is 62.0 Å². The van der Waals surface area contributed by atoms with Crippen LogP contribution in [0.1, 0.15) is 58.1 Å². The normalized spacial score (nSPS) is 11.1. The molecule has 0 saturated heterocycles. The number of nitrogens with one attached hydrogen (secondary N) is 1. The van der Waals surface area contributed by atoms with E-state index in [-0.39, 0.29) is 11.5 Å². The summed E-state index contributed by atoms with van der Waals surface area (Å²) in [5, 5.41) is 12.4. The molecule has 0 unspecified atom stereocenters. The standard InChI is InChI=1S/C21H31N3O/c1-5-9-14-24(13-6-2)16-19(15-22)21(25)23-20-17(7-3)11-10-12-18(20)8-4/h10-12,16H,5-9,13-14H2,1-4H3,(H,23,25)/b19-16-. The molecular formula is C21H31N3O. The minimum atomic E-state index is -0.323. The van der Waals surface area contributed by atoms with Crippen molar-refractivity contribution in [1.29, 1.82) is 5.26 Å². The lowest BCUT2D eigenvalue weighted by atomic mass is 10.0. The Balaban J connectivity index is 3.03. The molecule has 1 amide bonds. The number of amides is 1. The van der Waals surface area contributed by atoms with Gasteiger partial charge in [-0.05, 0) is 36.8 Å². The van der Waals surface area contributed by atoms with E-state index in [1.807, 2.05) is 18.2 Å². The molecule has 1 aromatic carbocycles. The number of anilines is 1. The van der Waals surface area contributed by atoms with Crippen LogP contribution in [-0.2, 0) is 17.6 Å². The zero-order valence-corrected chi connectivity index (χ0v) is 16.1. The number of carbonyl (C=O) groups excluding carboxylic acids is 1. The highest BCUT2D eigenvalue weighted by atomic mass is 16.1. The lowest BCUT2D eigenvalue weighted by Crippen LogP contribution is -2.23. The van der Waals surface area contributed by atoms with Crippen LogP contribution in [-0.4, -0.2) is 23.9 Å². The van der Waals surface area contributed by atoms with Crippen LogP contribution in [0.25, 0.3) is 0 Å². The number of rotatable bonds is 10. The minimum Gasteiger partial charge on any atom is -0.376 e. The Morgan fingerprint density at radius 1 is 1.12 bits per heavy atom. The van der Waals surface area contributed by atoms with Gasteiger partial charge in [-0.1, -0.05) is 52.3 Å². The lowest BCUT2D eigenvalue weighted by molar-refractivity contribution is -0.112. The van der Waals surface area contributed by atoms with Gasteiger partial charge >= 0.3 is 0 Å². The Kier molecular flexibility index (Phi) is 9.39. The Bertz CT molecular complexity index is 606. The van der Waals surface area contributed by atoms with Crippen molar-refractivity contribution in [2.75, 3.05) is 18.4 Å². The molecule has 0 spiro atoms. The summed E-state index contributed by atoms with van der Waals surface area (Å²) in [6.07, 6.45) is 6.52. The molecule has 0 saturated carbocycles. The molecule has 0 aromatic heterocycles. The number of aryl methyl sites for hydroxylation is 2. The Morgan fingerprint density at radius 3 is 2.24 bits per heavy atom. The van der Waals surface area contributed by atoms with Crippen LogP contribution in [0, 0.1) is 11.3 Å². The molecule has 136 valence electrons. The number of para-hydroxylation sites is 1. The Hall–Kier alpha value is -2.28. The second kappa shape index (κ2) is 11.3. The fourth-order valence-electron chi connectivity index (χ4n) is 2.79. The predicted molar refractivity (Wildman–Crippen MR) is 104 cm³/mol. The van der Waals surface area contributed by atoms with E-state index >= 15 is 0 Å². The highest BCUT2D eigenvalue weighted by Gasteiger charge is 2.15. The molecule has 1 aromatic rings. The summed E-state index contributed by atoms with van der Waals surface area (Å²) in [4.78, 5) is 14.7. The van der Waals surface area contributed by atoms with E-state index in [1.54, 1.807) is 6.20 Å². The summed E-state index contributed by atoms with van der Waals surface area (Å²) in [5.41, 5.74) is 3.22. The molecule has 0 aliphatic heterocycles. The van der Waals surface area contributed by atoms with Gasteiger partial charge in [-0.3, -0.25) is 4.79 Å². The van der Waals surface area contributed by atoms with Gasteiger partial charge in [-0.2, -0.15) is 5.26 Å². The van der Waals surface area contributed by atoms with Gasteiger partial charge in [0, 0.05) is 25.0 Å². The number of benzene rings is 1. The van der Waals surface area contributed by atoms with Crippen molar-refractivity contribution < 1.29 is 4.79 Å². The average Bonchev–Trinajstić information content (AvgIpc) is 2.63. The summed E-state index contributed by atoms with van der Waals surface area (Å²) in [6.45, 7) is 10.1. The van der Waals surface area contributed by atoms with Crippen molar-refractivity contribution in [3.05, 3.63) is 41.1 Å². The SMILES string of the molecule is CCCCN(/C=C(/C#N)C(=O)Nc1c(CC)cccc1CC)CCC. The van der Waals surface area contributed by atoms with E-state index in [1.165, 1.54) is 0 Å². The van der Waals surface area contributed by atoms with E-state index < -0.39 is 0 Å². The second-order valence-electron chi connectivity index (χ2n) is 6.16. The maximum Gasteiger partial charge on any atom is 0.267 e.